The molecule has 0 aliphatic rings. The molecule has 0 amide bonds. The van der Waals surface area contributed by atoms with Crippen molar-refractivity contribution < 1.29 is 0 Å². The van der Waals surface area contributed by atoms with Crippen LogP contribution in [0.15, 0.2) is 72.8 Å². The Labute approximate surface area is 129 Å². The molecule has 0 aliphatic heterocycles. The van der Waals surface area contributed by atoms with Crippen LogP contribution in [0.5, 0.6) is 0 Å². The van der Waals surface area contributed by atoms with Gasteiger partial charge in [0.05, 0.1) is 0 Å². The smallest absolute Gasteiger partial charge is 0.100 e. The summed E-state index contributed by atoms with van der Waals surface area (Å²) in [5, 5.41) is 1.22. The molecule has 0 radical (unpaired) electrons. The van der Waals surface area contributed by atoms with Crippen LogP contribution in [-0.4, -0.2) is 6.54 Å². The topological polar surface area (TPSA) is 29.3 Å². The van der Waals surface area contributed by atoms with Crippen molar-refractivity contribution in [2.75, 3.05) is 11.4 Å². The van der Waals surface area contributed by atoms with Gasteiger partial charge in [0, 0.05) is 16.3 Å². The van der Waals surface area contributed by atoms with Crippen molar-refractivity contribution >= 4 is 27.7 Å². The Morgan fingerprint density at radius 1 is 0.762 bits per heavy atom. The summed E-state index contributed by atoms with van der Waals surface area (Å²) in [7, 11) is 0. The summed E-state index contributed by atoms with van der Waals surface area (Å²) >= 11 is 1.80. The highest BCUT2D eigenvalue weighted by Crippen LogP contribution is 2.38. The van der Waals surface area contributed by atoms with Crippen molar-refractivity contribution in [3.8, 4) is 0 Å². The number of para-hydroxylation sites is 2. The largest absolute Gasteiger partial charge is 0.330 e. The number of hydrogen-bond acceptors (Lipinski definition) is 3. The second-order valence-corrected chi connectivity index (χ2v) is 5.93. The van der Waals surface area contributed by atoms with Gasteiger partial charge in [-0.1, -0.05) is 36.4 Å². The molecule has 0 fully saturated rings. The highest BCUT2D eigenvalue weighted by Gasteiger charge is 2.13. The van der Waals surface area contributed by atoms with Crippen LogP contribution >= 0.6 is 11.3 Å². The van der Waals surface area contributed by atoms with E-state index in [1.165, 1.54) is 21.3 Å². The van der Waals surface area contributed by atoms with E-state index in [2.05, 4.69) is 65.6 Å². The molecule has 3 rings (SSSR count). The highest BCUT2D eigenvalue weighted by molar-refractivity contribution is 7.16. The molecule has 2 nitrogen and oxygen atoms in total. The number of hydrogen-bond donors (Lipinski definition) is 1. The van der Waals surface area contributed by atoms with Gasteiger partial charge in [-0.05, 0) is 49.4 Å². The number of rotatable bonds is 5. The highest BCUT2D eigenvalue weighted by atomic mass is 32.1. The van der Waals surface area contributed by atoms with E-state index >= 15 is 0 Å². The Morgan fingerprint density at radius 3 is 1.86 bits per heavy atom. The maximum absolute atomic E-state index is 5.66. The van der Waals surface area contributed by atoms with Gasteiger partial charge in [0.2, 0.25) is 0 Å². The molecule has 21 heavy (non-hydrogen) atoms. The molecular formula is C18H18N2S. The van der Waals surface area contributed by atoms with E-state index in [4.69, 9.17) is 5.73 Å². The first-order valence-corrected chi connectivity index (χ1v) is 7.89. The van der Waals surface area contributed by atoms with Crippen molar-refractivity contribution in [2.45, 2.75) is 6.42 Å². The first-order valence-electron chi connectivity index (χ1n) is 7.07. The minimum absolute atomic E-state index is 0.691. The van der Waals surface area contributed by atoms with E-state index in [9.17, 15) is 0 Å². The van der Waals surface area contributed by atoms with Gasteiger partial charge >= 0.3 is 0 Å². The molecule has 0 atom stereocenters. The van der Waals surface area contributed by atoms with Gasteiger partial charge in [-0.15, -0.1) is 11.3 Å². The monoisotopic (exact) mass is 294 g/mol. The zero-order chi connectivity index (χ0) is 14.5. The molecule has 3 heteroatoms. The molecule has 1 aromatic heterocycles. The standard InChI is InChI=1S/C18H18N2S/c19-14-13-17-11-12-18(21-17)20(15-7-3-1-4-8-15)16-9-5-2-6-10-16/h1-12H,13-14,19H2. The SMILES string of the molecule is NCCc1ccc(N(c2ccccc2)c2ccccc2)s1. The second-order valence-electron chi connectivity index (χ2n) is 4.79. The number of nitrogens with zero attached hydrogens (tertiary/aromatic N) is 1. The predicted molar refractivity (Wildman–Crippen MR) is 91.8 cm³/mol. The second kappa shape index (κ2) is 6.57. The summed E-state index contributed by atoms with van der Waals surface area (Å²) in [6.07, 6.45) is 0.933. The fourth-order valence-electron chi connectivity index (χ4n) is 2.32. The van der Waals surface area contributed by atoms with Crippen molar-refractivity contribution in [3.63, 3.8) is 0 Å². The van der Waals surface area contributed by atoms with E-state index < -0.39 is 0 Å². The Kier molecular flexibility index (Phi) is 4.34. The molecule has 0 aliphatic carbocycles. The molecule has 2 N–H and O–H groups in total. The fraction of sp³-hybridized carbons (Fsp3) is 0.111. The van der Waals surface area contributed by atoms with Gasteiger partial charge < -0.3 is 10.6 Å². The number of nitrogens with two attached hydrogens (primary N) is 1. The quantitative estimate of drug-likeness (QED) is 0.738. The van der Waals surface area contributed by atoms with Crippen molar-refractivity contribution in [2.24, 2.45) is 5.73 Å². The third-order valence-corrected chi connectivity index (χ3v) is 4.42. The Bertz CT molecular complexity index is 637. The maximum atomic E-state index is 5.66. The molecule has 0 bridgehead atoms. The van der Waals surface area contributed by atoms with Crippen molar-refractivity contribution in [3.05, 3.63) is 77.7 Å². The third-order valence-electron chi connectivity index (χ3n) is 3.29. The lowest BCUT2D eigenvalue weighted by Gasteiger charge is -2.23. The van der Waals surface area contributed by atoms with Crippen LogP contribution in [-0.2, 0) is 6.42 Å². The van der Waals surface area contributed by atoms with Gasteiger partial charge in [-0.3, -0.25) is 0 Å². The number of anilines is 3. The third kappa shape index (κ3) is 3.15. The molecule has 0 spiro atoms. The fourth-order valence-corrected chi connectivity index (χ4v) is 3.38. The van der Waals surface area contributed by atoms with Gasteiger partial charge in [-0.25, -0.2) is 0 Å². The van der Waals surface area contributed by atoms with Crippen LogP contribution in [0.2, 0.25) is 0 Å². The predicted octanol–water partition coefficient (Wildman–Crippen LogP) is 4.72. The number of benzene rings is 2. The van der Waals surface area contributed by atoms with E-state index in [1.54, 1.807) is 11.3 Å². The van der Waals surface area contributed by atoms with Crippen LogP contribution in [0.1, 0.15) is 4.88 Å². The lowest BCUT2D eigenvalue weighted by atomic mass is 10.2. The first kappa shape index (κ1) is 13.9. The first-order chi connectivity index (χ1) is 10.4. The summed E-state index contributed by atoms with van der Waals surface area (Å²) in [6.45, 7) is 0.691. The lowest BCUT2D eigenvalue weighted by Crippen LogP contribution is -2.07. The normalized spacial score (nSPS) is 10.5. The lowest BCUT2D eigenvalue weighted by molar-refractivity contribution is 0.989. The molecular weight excluding hydrogens is 276 g/mol. The van der Waals surface area contributed by atoms with Gasteiger partial charge in [0.15, 0.2) is 0 Å². The van der Waals surface area contributed by atoms with E-state index in [0.717, 1.165) is 6.42 Å². The van der Waals surface area contributed by atoms with Crippen LogP contribution in [0.25, 0.3) is 0 Å². The van der Waals surface area contributed by atoms with E-state index in [1.807, 2.05) is 12.1 Å². The average molecular weight is 294 g/mol. The zero-order valence-corrected chi connectivity index (χ0v) is 12.6. The summed E-state index contributed by atoms with van der Waals surface area (Å²) in [6, 6.07) is 25.2. The maximum Gasteiger partial charge on any atom is 0.100 e. The molecule has 0 unspecified atom stereocenters. The molecule has 1 heterocycles. The zero-order valence-electron chi connectivity index (χ0n) is 11.8. The molecule has 3 aromatic rings. The van der Waals surface area contributed by atoms with Gasteiger partial charge in [0.1, 0.15) is 5.00 Å². The van der Waals surface area contributed by atoms with Gasteiger partial charge in [-0.2, -0.15) is 0 Å². The summed E-state index contributed by atoms with van der Waals surface area (Å²) in [5.41, 5.74) is 8.00. The van der Waals surface area contributed by atoms with Gasteiger partial charge in [0.25, 0.3) is 0 Å². The Hall–Kier alpha value is -2.10. The van der Waals surface area contributed by atoms with E-state index in [-0.39, 0.29) is 0 Å². The summed E-state index contributed by atoms with van der Waals surface area (Å²) in [4.78, 5) is 3.61. The van der Waals surface area contributed by atoms with Crippen LogP contribution in [0, 0.1) is 0 Å². The molecule has 0 saturated carbocycles. The minimum atomic E-state index is 0.691. The molecule has 2 aromatic carbocycles. The Balaban J connectivity index is 2.03. The number of thiophene rings is 1. The van der Waals surface area contributed by atoms with Crippen LogP contribution in [0.3, 0.4) is 0 Å². The summed E-state index contributed by atoms with van der Waals surface area (Å²) < 4.78 is 0. The molecule has 0 saturated heterocycles. The van der Waals surface area contributed by atoms with Crippen molar-refractivity contribution in [1.82, 2.24) is 0 Å². The molecule has 106 valence electrons. The average Bonchev–Trinajstić information content (AvgIpc) is 2.98. The van der Waals surface area contributed by atoms with Crippen molar-refractivity contribution in [1.29, 1.82) is 0 Å². The van der Waals surface area contributed by atoms with Crippen LogP contribution in [0.4, 0.5) is 16.4 Å². The minimum Gasteiger partial charge on any atom is -0.330 e. The van der Waals surface area contributed by atoms with Crippen LogP contribution < -0.4 is 10.6 Å². The Morgan fingerprint density at radius 2 is 1.33 bits per heavy atom. The van der Waals surface area contributed by atoms with E-state index in [0.29, 0.717) is 6.54 Å². The summed E-state index contributed by atoms with van der Waals surface area (Å²) in [5.74, 6) is 0.